The molecule has 22 heavy (non-hydrogen) atoms. The normalized spacial score (nSPS) is 21.5. The molecule has 2 N–H and O–H groups in total. The van der Waals surface area contributed by atoms with Gasteiger partial charge >= 0.3 is 6.18 Å². The molecule has 1 heterocycles. The van der Waals surface area contributed by atoms with Gasteiger partial charge in [0.2, 0.25) is 5.91 Å². The molecule has 0 aliphatic carbocycles. The van der Waals surface area contributed by atoms with Crippen LogP contribution in [0.2, 0.25) is 0 Å². The number of halogens is 4. The molecule has 0 saturated carbocycles. The highest BCUT2D eigenvalue weighted by molar-refractivity contribution is 5.85. The SMILES string of the molecule is Cl.NC[C@@H]1CN(C(=O)CCC(F)(F)F)C[C@H]1c1ccccc1. The van der Waals surface area contributed by atoms with E-state index in [0.29, 0.717) is 19.6 Å². The van der Waals surface area contributed by atoms with Crippen molar-refractivity contribution in [2.24, 2.45) is 11.7 Å². The predicted molar refractivity (Wildman–Crippen MR) is 80.8 cm³/mol. The van der Waals surface area contributed by atoms with Crippen LogP contribution < -0.4 is 5.73 Å². The van der Waals surface area contributed by atoms with Gasteiger partial charge in [0.05, 0.1) is 6.42 Å². The van der Waals surface area contributed by atoms with E-state index in [1.165, 1.54) is 4.90 Å². The van der Waals surface area contributed by atoms with Gasteiger partial charge in [0.15, 0.2) is 0 Å². The molecule has 1 amide bonds. The fraction of sp³-hybridized carbons (Fsp3) is 0.533. The molecule has 1 saturated heterocycles. The van der Waals surface area contributed by atoms with Crippen molar-refractivity contribution < 1.29 is 18.0 Å². The molecule has 0 spiro atoms. The number of carbonyl (C=O) groups is 1. The van der Waals surface area contributed by atoms with E-state index in [4.69, 9.17) is 5.73 Å². The van der Waals surface area contributed by atoms with Crippen molar-refractivity contribution in [1.29, 1.82) is 0 Å². The number of rotatable bonds is 4. The first-order valence-corrected chi connectivity index (χ1v) is 7.00. The van der Waals surface area contributed by atoms with Crippen LogP contribution in [-0.4, -0.2) is 36.6 Å². The van der Waals surface area contributed by atoms with Crippen LogP contribution in [0.4, 0.5) is 13.2 Å². The number of hydrogen-bond acceptors (Lipinski definition) is 2. The van der Waals surface area contributed by atoms with Gasteiger partial charge in [0.25, 0.3) is 0 Å². The average Bonchev–Trinajstić information content (AvgIpc) is 2.89. The maximum absolute atomic E-state index is 12.2. The molecule has 1 aliphatic rings. The van der Waals surface area contributed by atoms with Crippen molar-refractivity contribution in [3.05, 3.63) is 35.9 Å². The number of amides is 1. The van der Waals surface area contributed by atoms with Crippen LogP contribution in [0.1, 0.15) is 24.3 Å². The molecule has 0 bridgehead atoms. The third-order valence-corrected chi connectivity index (χ3v) is 3.95. The second-order valence-corrected chi connectivity index (χ2v) is 5.43. The van der Waals surface area contributed by atoms with Gasteiger partial charge in [-0.1, -0.05) is 30.3 Å². The summed E-state index contributed by atoms with van der Waals surface area (Å²) in [4.78, 5) is 13.4. The smallest absolute Gasteiger partial charge is 0.342 e. The summed E-state index contributed by atoms with van der Waals surface area (Å²) in [6.45, 7) is 1.30. The third-order valence-electron chi connectivity index (χ3n) is 3.95. The third kappa shape index (κ3) is 4.88. The molecule has 1 fully saturated rings. The second kappa shape index (κ2) is 7.83. The molecule has 0 radical (unpaired) electrons. The summed E-state index contributed by atoms with van der Waals surface area (Å²) in [5, 5.41) is 0. The molecule has 0 unspecified atom stereocenters. The van der Waals surface area contributed by atoms with Gasteiger partial charge in [0, 0.05) is 25.4 Å². The van der Waals surface area contributed by atoms with Crippen molar-refractivity contribution in [2.75, 3.05) is 19.6 Å². The zero-order valence-electron chi connectivity index (χ0n) is 12.1. The summed E-state index contributed by atoms with van der Waals surface area (Å²) >= 11 is 0. The van der Waals surface area contributed by atoms with Crippen molar-refractivity contribution in [3.63, 3.8) is 0 Å². The molecule has 2 atom stereocenters. The second-order valence-electron chi connectivity index (χ2n) is 5.43. The van der Waals surface area contributed by atoms with E-state index in [1.807, 2.05) is 30.3 Å². The quantitative estimate of drug-likeness (QED) is 0.919. The van der Waals surface area contributed by atoms with E-state index in [2.05, 4.69) is 0 Å². The first kappa shape index (κ1) is 18.8. The van der Waals surface area contributed by atoms with Crippen LogP contribution in [0.25, 0.3) is 0 Å². The highest BCUT2D eigenvalue weighted by Gasteiger charge is 2.36. The predicted octanol–water partition coefficient (Wildman–Crippen LogP) is 2.95. The molecule has 1 aliphatic heterocycles. The Kier molecular flexibility index (Phi) is 6.68. The van der Waals surface area contributed by atoms with Gasteiger partial charge < -0.3 is 10.6 Å². The van der Waals surface area contributed by atoms with E-state index < -0.39 is 24.9 Å². The van der Waals surface area contributed by atoms with E-state index in [-0.39, 0.29) is 24.2 Å². The van der Waals surface area contributed by atoms with E-state index in [0.717, 1.165) is 5.56 Å². The van der Waals surface area contributed by atoms with Gasteiger partial charge in [0.1, 0.15) is 0 Å². The Morgan fingerprint density at radius 1 is 1.23 bits per heavy atom. The number of benzene rings is 1. The van der Waals surface area contributed by atoms with E-state index in [9.17, 15) is 18.0 Å². The fourth-order valence-corrected chi connectivity index (χ4v) is 2.80. The summed E-state index contributed by atoms with van der Waals surface area (Å²) < 4.78 is 36.6. The summed E-state index contributed by atoms with van der Waals surface area (Å²) in [5.74, 6) is -0.238. The Morgan fingerprint density at radius 2 is 1.86 bits per heavy atom. The van der Waals surface area contributed by atoms with Crippen LogP contribution in [0, 0.1) is 5.92 Å². The first-order chi connectivity index (χ1) is 9.90. The number of hydrogen-bond donors (Lipinski definition) is 1. The molecule has 1 aromatic carbocycles. The standard InChI is InChI=1S/C15H19F3N2O.ClH/c16-15(17,18)7-6-14(21)20-9-12(8-19)13(10-20)11-4-2-1-3-5-11;/h1-5,12-13H,6-10,19H2;1H/t12-,13+;/m1./s1. The molecule has 0 aromatic heterocycles. The van der Waals surface area contributed by atoms with Crippen LogP contribution in [0.15, 0.2) is 30.3 Å². The maximum Gasteiger partial charge on any atom is 0.389 e. The minimum Gasteiger partial charge on any atom is -0.342 e. The van der Waals surface area contributed by atoms with Crippen molar-refractivity contribution >= 4 is 18.3 Å². The molecule has 124 valence electrons. The summed E-state index contributed by atoms with van der Waals surface area (Å²) in [6, 6.07) is 9.67. The first-order valence-electron chi connectivity index (χ1n) is 7.00. The highest BCUT2D eigenvalue weighted by Crippen LogP contribution is 2.33. The van der Waals surface area contributed by atoms with Gasteiger partial charge in [-0.05, 0) is 18.0 Å². The Balaban J connectivity index is 0.00000242. The molecule has 2 rings (SSSR count). The number of alkyl halides is 3. The van der Waals surface area contributed by atoms with Crippen molar-refractivity contribution in [2.45, 2.75) is 24.9 Å². The van der Waals surface area contributed by atoms with Gasteiger partial charge in [-0.3, -0.25) is 4.79 Å². The number of nitrogens with zero attached hydrogens (tertiary/aromatic N) is 1. The Bertz CT molecular complexity index is 481. The summed E-state index contributed by atoms with van der Waals surface area (Å²) in [7, 11) is 0. The van der Waals surface area contributed by atoms with Crippen LogP contribution in [0.3, 0.4) is 0 Å². The minimum absolute atomic E-state index is 0. The lowest BCUT2D eigenvalue weighted by Gasteiger charge is -2.17. The number of likely N-dealkylation sites (tertiary alicyclic amines) is 1. The van der Waals surface area contributed by atoms with Crippen LogP contribution >= 0.6 is 12.4 Å². The van der Waals surface area contributed by atoms with E-state index in [1.54, 1.807) is 0 Å². The summed E-state index contributed by atoms with van der Waals surface area (Å²) in [5.41, 5.74) is 6.83. The van der Waals surface area contributed by atoms with E-state index >= 15 is 0 Å². The topological polar surface area (TPSA) is 46.3 Å². The lowest BCUT2D eigenvalue weighted by molar-refractivity contribution is -0.148. The largest absolute Gasteiger partial charge is 0.389 e. The monoisotopic (exact) mass is 336 g/mol. The lowest BCUT2D eigenvalue weighted by atomic mass is 9.89. The number of nitrogens with two attached hydrogens (primary N) is 1. The molecular formula is C15H20ClF3N2O. The molecular weight excluding hydrogens is 317 g/mol. The Labute approximate surface area is 134 Å². The molecule has 7 heteroatoms. The zero-order chi connectivity index (χ0) is 15.5. The number of carbonyl (C=O) groups excluding carboxylic acids is 1. The maximum atomic E-state index is 12.2. The molecule has 3 nitrogen and oxygen atoms in total. The van der Waals surface area contributed by atoms with Crippen LogP contribution in [-0.2, 0) is 4.79 Å². The Morgan fingerprint density at radius 3 is 2.41 bits per heavy atom. The van der Waals surface area contributed by atoms with Gasteiger partial charge in [-0.15, -0.1) is 12.4 Å². The minimum atomic E-state index is -4.29. The highest BCUT2D eigenvalue weighted by atomic mass is 35.5. The average molecular weight is 337 g/mol. The van der Waals surface area contributed by atoms with Gasteiger partial charge in [-0.25, -0.2) is 0 Å². The summed E-state index contributed by atoms with van der Waals surface area (Å²) in [6.07, 6.45) is -5.84. The lowest BCUT2D eigenvalue weighted by Crippen LogP contribution is -2.30. The zero-order valence-corrected chi connectivity index (χ0v) is 12.9. The van der Waals surface area contributed by atoms with Gasteiger partial charge in [-0.2, -0.15) is 13.2 Å². The van der Waals surface area contributed by atoms with Crippen molar-refractivity contribution in [3.8, 4) is 0 Å². The fourth-order valence-electron chi connectivity index (χ4n) is 2.80. The van der Waals surface area contributed by atoms with Crippen molar-refractivity contribution in [1.82, 2.24) is 4.90 Å². The van der Waals surface area contributed by atoms with Crippen LogP contribution in [0.5, 0.6) is 0 Å². The molecule has 1 aromatic rings. The Hall–Kier alpha value is -1.27.